The minimum absolute atomic E-state index is 0.254. The van der Waals surface area contributed by atoms with Crippen LogP contribution in [0.4, 0.5) is 5.82 Å². The van der Waals surface area contributed by atoms with Gasteiger partial charge in [0.1, 0.15) is 17.0 Å². The summed E-state index contributed by atoms with van der Waals surface area (Å²) < 4.78 is 5.63. The van der Waals surface area contributed by atoms with E-state index in [1.165, 1.54) is 0 Å². The van der Waals surface area contributed by atoms with Crippen LogP contribution in [-0.2, 0) is 4.74 Å². The average molecular weight is 386 g/mol. The molecule has 0 unspecified atom stereocenters. The van der Waals surface area contributed by atoms with Crippen molar-refractivity contribution in [1.29, 1.82) is 0 Å². The molecule has 0 radical (unpaired) electrons. The Morgan fingerprint density at radius 2 is 2.03 bits per heavy atom. The third kappa shape index (κ3) is 3.13. The molecular weight excluding hydrogens is 364 g/mol. The molecule has 0 amide bonds. The standard InChI is InChI=1S/C22H22N6O/c1-14-13-29-11-10-28(14)20-12-18(16-4-3-7-23-15(16)2)17-5-8-24-22(21(17)26-20)19-6-9-25-27-19/h3-9,12,14H,10-11,13H2,1-2H3,(H,25,27)/t14-/m1/s1. The molecule has 0 aromatic carbocycles. The third-order valence-electron chi connectivity index (χ3n) is 5.43. The number of nitrogens with one attached hydrogen (secondary N) is 1. The SMILES string of the molecule is Cc1ncccc1-c1cc(N2CCOC[C@H]2C)nc2c(-c3ccn[nH]3)nccc12. The van der Waals surface area contributed by atoms with Gasteiger partial charge in [-0.15, -0.1) is 0 Å². The lowest BCUT2D eigenvalue weighted by atomic mass is 9.99. The molecule has 1 saturated heterocycles. The zero-order chi connectivity index (χ0) is 19.8. The highest BCUT2D eigenvalue weighted by Gasteiger charge is 2.23. The molecule has 4 aromatic rings. The monoisotopic (exact) mass is 386 g/mol. The lowest BCUT2D eigenvalue weighted by Gasteiger charge is -2.34. The van der Waals surface area contributed by atoms with Gasteiger partial charge in [-0.2, -0.15) is 5.10 Å². The van der Waals surface area contributed by atoms with Crippen LogP contribution >= 0.6 is 0 Å². The highest BCUT2D eigenvalue weighted by molar-refractivity contribution is 6.01. The van der Waals surface area contributed by atoms with E-state index in [4.69, 9.17) is 9.72 Å². The number of nitrogens with zero attached hydrogens (tertiary/aromatic N) is 5. The van der Waals surface area contributed by atoms with Gasteiger partial charge in [-0.3, -0.25) is 15.1 Å². The maximum Gasteiger partial charge on any atom is 0.130 e. The van der Waals surface area contributed by atoms with Crippen LogP contribution < -0.4 is 4.90 Å². The van der Waals surface area contributed by atoms with E-state index >= 15 is 0 Å². The molecule has 0 spiro atoms. The maximum absolute atomic E-state index is 5.63. The molecular formula is C22H22N6O. The van der Waals surface area contributed by atoms with Gasteiger partial charge in [-0.25, -0.2) is 4.98 Å². The molecule has 146 valence electrons. The van der Waals surface area contributed by atoms with Gasteiger partial charge in [-0.05, 0) is 43.7 Å². The molecule has 29 heavy (non-hydrogen) atoms. The number of H-pyrrole nitrogens is 1. The summed E-state index contributed by atoms with van der Waals surface area (Å²) in [6, 6.07) is 10.5. The zero-order valence-electron chi connectivity index (χ0n) is 16.5. The van der Waals surface area contributed by atoms with Crippen molar-refractivity contribution < 1.29 is 4.74 Å². The first-order valence-corrected chi connectivity index (χ1v) is 9.78. The summed E-state index contributed by atoms with van der Waals surface area (Å²) in [4.78, 5) is 16.5. The lowest BCUT2D eigenvalue weighted by Crippen LogP contribution is -2.44. The topological polar surface area (TPSA) is 79.8 Å². The van der Waals surface area contributed by atoms with Crippen LogP contribution in [-0.4, -0.2) is 50.9 Å². The molecule has 1 aliphatic heterocycles. The highest BCUT2D eigenvalue weighted by atomic mass is 16.5. The van der Waals surface area contributed by atoms with Gasteiger partial charge >= 0.3 is 0 Å². The van der Waals surface area contributed by atoms with Gasteiger partial charge in [0, 0.05) is 41.8 Å². The number of pyridine rings is 3. The zero-order valence-corrected chi connectivity index (χ0v) is 16.5. The van der Waals surface area contributed by atoms with Gasteiger partial charge in [0.05, 0.1) is 24.9 Å². The van der Waals surface area contributed by atoms with Crippen LogP contribution in [0, 0.1) is 6.92 Å². The summed E-state index contributed by atoms with van der Waals surface area (Å²) >= 11 is 0. The van der Waals surface area contributed by atoms with Gasteiger partial charge in [0.25, 0.3) is 0 Å². The summed E-state index contributed by atoms with van der Waals surface area (Å²) in [5.74, 6) is 0.931. The third-order valence-corrected chi connectivity index (χ3v) is 5.43. The summed E-state index contributed by atoms with van der Waals surface area (Å²) in [7, 11) is 0. The van der Waals surface area contributed by atoms with Crippen molar-refractivity contribution in [1.82, 2.24) is 25.1 Å². The fourth-order valence-corrected chi connectivity index (χ4v) is 3.93. The fourth-order valence-electron chi connectivity index (χ4n) is 3.93. The van der Waals surface area contributed by atoms with E-state index in [0.717, 1.165) is 51.5 Å². The van der Waals surface area contributed by atoms with Crippen molar-refractivity contribution in [3.05, 3.63) is 54.6 Å². The molecule has 1 fully saturated rings. The highest BCUT2D eigenvalue weighted by Crippen LogP contribution is 2.36. The molecule has 1 atom stereocenters. The van der Waals surface area contributed by atoms with Gasteiger partial charge in [0.15, 0.2) is 0 Å². The molecule has 7 heteroatoms. The van der Waals surface area contributed by atoms with Crippen molar-refractivity contribution >= 4 is 16.7 Å². The molecule has 7 nitrogen and oxygen atoms in total. The normalized spacial score (nSPS) is 17.0. The largest absolute Gasteiger partial charge is 0.377 e. The van der Waals surface area contributed by atoms with Crippen molar-refractivity contribution in [2.45, 2.75) is 19.9 Å². The summed E-state index contributed by atoms with van der Waals surface area (Å²) in [6.07, 6.45) is 5.38. The van der Waals surface area contributed by atoms with E-state index in [0.29, 0.717) is 13.2 Å². The molecule has 5 rings (SSSR count). The summed E-state index contributed by atoms with van der Waals surface area (Å²) in [5, 5.41) is 8.17. The Morgan fingerprint density at radius 1 is 1.10 bits per heavy atom. The minimum Gasteiger partial charge on any atom is -0.377 e. The first kappa shape index (κ1) is 17.8. The van der Waals surface area contributed by atoms with Crippen LogP contribution in [0.1, 0.15) is 12.6 Å². The summed E-state index contributed by atoms with van der Waals surface area (Å²) in [6.45, 7) is 6.41. The number of morpholine rings is 1. The first-order chi connectivity index (χ1) is 14.2. The molecule has 0 saturated carbocycles. The van der Waals surface area contributed by atoms with Crippen molar-refractivity contribution in [2.24, 2.45) is 0 Å². The molecule has 0 aliphatic carbocycles. The van der Waals surface area contributed by atoms with E-state index in [1.54, 1.807) is 6.20 Å². The van der Waals surface area contributed by atoms with E-state index < -0.39 is 0 Å². The van der Waals surface area contributed by atoms with Crippen molar-refractivity contribution in [3.63, 3.8) is 0 Å². The van der Waals surface area contributed by atoms with Crippen LogP contribution in [0.5, 0.6) is 0 Å². The predicted octanol–water partition coefficient (Wildman–Crippen LogP) is 3.62. The fraction of sp³-hybridized carbons (Fsp3) is 0.273. The Kier molecular flexibility index (Phi) is 4.44. The van der Waals surface area contributed by atoms with Gasteiger partial charge in [0.2, 0.25) is 0 Å². The number of ether oxygens (including phenoxy) is 1. The number of hydrogen-bond acceptors (Lipinski definition) is 6. The number of aromatic nitrogens is 5. The number of aryl methyl sites for hydroxylation is 1. The minimum atomic E-state index is 0.254. The first-order valence-electron chi connectivity index (χ1n) is 9.78. The quantitative estimate of drug-likeness (QED) is 0.579. The van der Waals surface area contributed by atoms with E-state index in [-0.39, 0.29) is 6.04 Å². The Labute approximate surface area is 168 Å². The van der Waals surface area contributed by atoms with Crippen LogP contribution in [0.3, 0.4) is 0 Å². The number of hydrogen-bond donors (Lipinski definition) is 1. The molecule has 5 heterocycles. The maximum atomic E-state index is 5.63. The number of rotatable bonds is 3. The van der Waals surface area contributed by atoms with E-state index in [2.05, 4.69) is 44.1 Å². The number of aromatic amines is 1. The number of anilines is 1. The van der Waals surface area contributed by atoms with Crippen molar-refractivity contribution in [2.75, 3.05) is 24.7 Å². The smallest absolute Gasteiger partial charge is 0.130 e. The second-order valence-electron chi connectivity index (χ2n) is 7.31. The predicted molar refractivity (Wildman–Crippen MR) is 113 cm³/mol. The van der Waals surface area contributed by atoms with Gasteiger partial charge < -0.3 is 9.64 Å². The summed E-state index contributed by atoms with van der Waals surface area (Å²) in [5.41, 5.74) is 5.70. The second kappa shape index (κ2) is 7.25. The Hall–Kier alpha value is -3.32. The molecule has 4 aromatic heterocycles. The Bertz CT molecular complexity index is 1160. The number of fused-ring (bicyclic) bond motifs is 1. The molecule has 0 bridgehead atoms. The molecule has 1 aliphatic rings. The second-order valence-corrected chi connectivity index (χ2v) is 7.31. The van der Waals surface area contributed by atoms with Crippen molar-refractivity contribution in [3.8, 4) is 22.5 Å². The Morgan fingerprint density at radius 3 is 2.83 bits per heavy atom. The van der Waals surface area contributed by atoms with E-state index in [9.17, 15) is 0 Å². The lowest BCUT2D eigenvalue weighted by molar-refractivity contribution is 0.0986. The van der Waals surface area contributed by atoms with E-state index in [1.807, 2.05) is 37.5 Å². The molecule has 1 N–H and O–H groups in total. The van der Waals surface area contributed by atoms with Crippen LogP contribution in [0.2, 0.25) is 0 Å². The van der Waals surface area contributed by atoms with Crippen LogP contribution in [0.15, 0.2) is 48.9 Å². The Balaban J connectivity index is 1.80. The average Bonchev–Trinajstić information content (AvgIpc) is 3.28. The van der Waals surface area contributed by atoms with Crippen LogP contribution in [0.25, 0.3) is 33.4 Å². The van der Waals surface area contributed by atoms with Gasteiger partial charge in [-0.1, -0.05) is 6.07 Å².